The van der Waals surface area contributed by atoms with E-state index in [2.05, 4.69) is 5.32 Å². The lowest BCUT2D eigenvalue weighted by Gasteiger charge is -2.31. The van der Waals surface area contributed by atoms with Crippen LogP contribution in [0.5, 0.6) is 0 Å². The molecular formula is C12H21N3O2. The second-order valence-electron chi connectivity index (χ2n) is 5.11. The van der Waals surface area contributed by atoms with Gasteiger partial charge in [-0.25, -0.2) is 4.79 Å². The van der Waals surface area contributed by atoms with Gasteiger partial charge in [0.25, 0.3) is 0 Å². The number of nitrogens with one attached hydrogen (secondary N) is 1. The van der Waals surface area contributed by atoms with Crippen molar-refractivity contribution >= 4 is 11.9 Å². The second kappa shape index (κ2) is 5.38. The van der Waals surface area contributed by atoms with Crippen molar-refractivity contribution in [1.82, 2.24) is 10.2 Å². The first-order valence-corrected chi connectivity index (χ1v) is 6.51. The van der Waals surface area contributed by atoms with Crippen molar-refractivity contribution in [2.45, 2.75) is 44.6 Å². The maximum Gasteiger partial charge on any atom is 0.314 e. The van der Waals surface area contributed by atoms with Crippen molar-refractivity contribution in [3.8, 4) is 0 Å². The maximum atomic E-state index is 12.0. The van der Waals surface area contributed by atoms with Gasteiger partial charge in [-0.3, -0.25) is 4.79 Å². The topological polar surface area (TPSA) is 75.4 Å². The lowest BCUT2D eigenvalue weighted by molar-refractivity contribution is -0.126. The van der Waals surface area contributed by atoms with Gasteiger partial charge in [-0.1, -0.05) is 12.8 Å². The average Bonchev–Trinajstić information content (AvgIpc) is 2.82. The molecule has 1 unspecified atom stereocenters. The number of primary amides is 1. The minimum Gasteiger partial charge on any atom is -0.353 e. The van der Waals surface area contributed by atoms with Crippen molar-refractivity contribution in [2.24, 2.45) is 11.7 Å². The average molecular weight is 239 g/mol. The normalized spacial score (nSPS) is 25.9. The monoisotopic (exact) mass is 239 g/mol. The van der Waals surface area contributed by atoms with Gasteiger partial charge in [-0.2, -0.15) is 0 Å². The van der Waals surface area contributed by atoms with E-state index < -0.39 is 6.03 Å². The lowest BCUT2D eigenvalue weighted by atomic mass is 9.97. The van der Waals surface area contributed by atoms with Gasteiger partial charge in [-0.05, 0) is 25.7 Å². The van der Waals surface area contributed by atoms with Crippen LogP contribution in [0.4, 0.5) is 4.79 Å². The van der Waals surface area contributed by atoms with Gasteiger partial charge in [0.2, 0.25) is 5.91 Å². The molecule has 5 nitrogen and oxygen atoms in total. The highest BCUT2D eigenvalue weighted by Gasteiger charge is 2.29. The highest BCUT2D eigenvalue weighted by atomic mass is 16.2. The predicted molar refractivity (Wildman–Crippen MR) is 64.3 cm³/mol. The molecule has 0 radical (unpaired) electrons. The van der Waals surface area contributed by atoms with Crippen LogP contribution in [0.1, 0.15) is 38.5 Å². The molecule has 96 valence electrons. The Morgan fingerprint density at radius 2 is 1.82 bits per heavy atom. The van der Waals surface area contributed by atoms with E-state index in [1.165, 1.54) is 12.8 Å². The zero-order valence-electron chi connectivity index (χ0n) is 10.2. The first-order chi connectivity index (χ1) is 8.16. The molecule has 1 aliphatic carbocycles. The molecule has 3 N–H and O–H groups in total. The minimum atomic E-state index is -0.414. The molecule has 2 rings (SSSR count). The van der Waals surface area contributed by atoms with Gasteiger partial charge in [0.05, 0.1) is 5.92 Å². The number of carbonyl (C=O) groups is 2. The molecule has 0 aromatic heterocycles. The van der Waals surface area contributed by atoms with Crippen molar-refractivity contribution < 1.29 is 9.59 Å². The quantitative estimate of drug-likeness (QED) is 0.749. The molecule has 1 atom stereocenters. The van der Waals surface area contributed by atoms with Crippen LogP contribution < -0.4 is 11.1 Å². The molecule has 0 bridgehead atoms. The van der Waals surface area contributed by atoms with Crippen molar-refractivity contribution in [2.75, 3.05) is 13.1 Å². The molecule has 17 heavy (non-hydrogen) atoms. The Morgan fingerprint density at radius 1 is 1.12 bits per heavy atom. The largest absolute Gasteiger partial charge is 0.353 e. The van der Waals surface area contributed by atoms with Crippen molar-refractivity contribution in [1.29, 1.82) is 0 Å². The van der Waals surface area contributed by atoms with Gasteiger partial charge >= 0.3 is 6.03 Å². The van der Waals surface area contributed by atoms with Crippen LogP contribution in [0.15, 0.2) is 0 Å². The Kier molecular flexibility index (Phi) is 3.86. The summed E-state index contributed by atoms with van der Waals surface area (Å²) in [6, 6.07) is -0.0604. The Bertz CT molecular complexity index is 300. The summed E-state index contributed by atoms with van der Waals surface area (Å²) in [5.74, 6) is 0.0275. The molecular weight excluding hydrogens is 218 g/mol. The summed E-state index contributed by atoms with van der Waals surface area (Å²) in [4.78, 5) is 24.7. The first kappa shape index (κ1) is 12.2. The van der Waals surface area contributed by atoms with Crippen LogP contribution in [-0.4, -0.2) is 36.0 Å². The Balaban J connectivity index is 1.83. The fraction of sp³-hybridized carbons (Fsp3) is 0.833. The summed E-state index contributed by atoms with van der Waals surface area (Å²) in [6.45, 7) is 1.16. The van der Waals surface area contributed by atoms with Crippen LogP contribution in [0.2, 0.25) is 0 Å². The molecule has 0 aromatic rings. The second-order valence-corrected chi connectivity index (χ2v) is 5.11. The number of carbonyl (C=O) groups excluding carboxylic acids is 2. The molecule has 1 heterocycles. The lowest BCUT2D eigenvalue weighted by Crippen LogP contribution is -2.48. The smallest absolute Gasteiger partial charge is 0.314 e. The number of nitrogens with two attached hydrogens (primary N) is 1. The van der Waals surface area contributed by atoms with Gasteiger partial charge in [0, 0.05) is 19.1 Å². The number of piperidine rings is 1. The number of amides is 3. The van der Waals surface area contributed by atoms with E-state index in [9.17, 15) is 9.59 Å². The number of likely N-dealkylation sites (tertiary alicyclic amines) is 1. The van der Waals surface area contributed by atoms with E-state index in [1.54, 1.807) is 4.90 Å². The molecule has 5 heteroatoms. The van der Waals surface area contributed by atoms with E-state index in [-0.39, 0.29) is 11.8 Å². The minimum absolute atomic E-state index is 0.0724. The highest BCUT2D eigenvalue weighted by Crippen LogP contribution is 2.20. The van der Waals surface area contributed by atoms with Crippen molar-refractivity contribution in [3.05, 3.63) is 0 Å². The van der Waals surface area contributed by atoms with Crippen LogP contribution in [0.3, 0.4) is 0 Å². The Hall–Kier alpha value is -1.26. The van der Waals surface area contributed by atoms with E-state index in [4.69, 9.17) is 5.73 Å². The molecule has 2 fully saturated rings. The Labute approximate surface area is 102 Å². The van der Waals surface area contributed by atoms with Gasteiger partial charge < -0.3 is 16.0 Å². The SMILES string of the molecule is NC(=O)N1CCCC(C(=O)NC2CCCC2)C1. The summed E-state index contributed by atoms with van der Waals surface area (Å²) in [6.07, 6.45) is 6.34. The van der Waals surface area contributed by atoms with E-state index in [0.717, 1.165) is 25.7 Å². The van der Waals surface area contributed by atoms with Crippen LogP contribution in [0, 0.1) is 5.92 Å². The molecule has 1 saturated carbocycles. The summed E-state index contributed by atoms with van der Waals surface area (Å²) >= 11 is 0. The summed E-state index contributed by atoms with van der Waals surface area (Å²) in [5.41, 5.74) is 5.25. The third-order valence-corrected chi connectivity index (χ3v) is 3.81. The molecule has 1 aliphatic heterocycles. The zero-order valence-corrected chi connectivity index (χ0v) is 10.2. The van der Waals surface area contributed by atoms with Crippen LogP contribution in [0.25, 0.3) is 0 Å². The first-order valence-electron chi connectivity index (χ1n) is 6.51. The molecule has 1 saturated heterocycles. The molecule has 0 spiro atoms. The summed E-state index contributed by atoms with van der Waals surface area (Å²) < 4.78 is 0. The molecule has 0 aromatic carbocycles. The van der Waals surface area contributed by atoms with Crippen molar-refractivity contribution in [3.63, 3.8) is 0 Å². The number of hydrogen-bond donors (Lipinski definition) is 2. The number of rotatable bonds is 2. The number of hydrogen-bond acceptors (Lipinski definition) is 2. The summed E-state index contributed by atoms with van der Waals surface area (Å²) in [5, 5.41) is 3.09. The fourth-order valence-corrected chi connectivity index (χ4v) is 2.78. The summed E-state index contributed by atoms with van der Waals surface area (Å²) in [7, 11) is 0. The highest BCUT2D eigenvalue weighted by molar-refractivity contribution is 5.80. The molecule has 3 amide bonds. The fourth-order valence-electron chi connectivity index (χ4n) is 2.78. The predicted octanol–water partition coefficient (Wildman–Crippen LogP) is 0.836. The standard InChI is InChI=1S/C12H21N3O2/c13-12(17)15-7-3-4-9(8-15)11(16)14-10-5-1-2-6-10/h9-10H,1-8H2,(H2,13,17)(H,14,16). The van der Waals surface area contributed by atoms with Gasteiger partial charge in [0.1, 0.15) is 0 Å². The van der Waals surface area contributed by atoms with E-state index >= 15 is 0 Å². The van der Waals surface area contributed by atoms with E-state index in [0.29, 0.717) is 19.1 Å². The third kappa shape index (κ3) is 3.11. The molecule has 2 aliphatic rings. The maximum absolute atomic E-state index is 12.0. The number of urea groups is 1. The van der Waals surface area contributed by atoms with Crippen LogP contribution >= 0.6 is 0 Å². The zero-order chi connectivity index (χ0) is 12.3. The van der Waals surface area contributed by atoms with E-state index in [1.807, 2.05) is 0 Å². The third-order valence-electron chi connectivity index (χ3n) is 3.81. The van der Waals surface area contributed by atoms with Gasteiger partial charge in [0.15, 0.2) is 0 Å². The van der Waals surface area contributed by atoms with Gasteiger partial charge in [-0.15, -0.1) is 0 Å². The van der Waals surface area contributed by atoms with Crippen LogP contribution in [-0.2, 0) is 4.79 Å². The Morgan fingerprint density at radius 3 is 2.47 bits per heavy atom. The number of nitrogens with zero attached hydrogens (tertiary/aromatic N) is 1.